The van der Waals surface area contributed by atoms with E-state index in [0.717, 1.165) is 23.4 Å². The molecule has 0 aromatic heterocycles. The topological polar surface area (TPSA) is 90.4 Å². The molecule has 0 unspecified atom stereocenters. The van der Waals surface area contributed by atoms with Gasteiger partial charge in [0.2, 0.25) is 5.91 Å². The van der Waals surface area contributed by atoms with Crippen molar-refractivity contribution in [3.8, 4) is 6.07 Å². The number of benzene rings is 2. The molecule has 0 bridgehead atoms. The predicted molar refractivity (Wildman–Crippen MR) is 105 cm³/mol. The number of hydrogen-bond donors (Lipinski definition) is 1. The van der Waals surface area contributed by atoms with Crippen LogP contribution in [0.2, 0.25) is 0 Å². The summed E-state index contributed by atoms with van der Waals surface area (Å²) in [5.74, 6) is -1.12. The van der Waals surface area contributed by atoms with E-state index in [1.165, 1.54) is 18.7 Å². The number of amides is 2. The Bertz CT molecular complexity index is 941. The molecule has 1 aliphatic heterocycles. The van der Waals surface area contributed by atoms with E-state index < -0.39 is 11.8 Å². The van der Waals surface area contributed by atoms with Crippen LogP contribution in [0.15, 0.2) is 60.3 Å². The molecule has 0 aliphatic carbocycles. The number of nitriles is 1. The normalized spacial score (nSPS) is 13.5. The van der Waals surface area contributed by atoms with Gasteiger partial charge >= 0.3 is 0 Å². The number of nitrogens with two attached hydrogens (primary N) is 1. The number of aryl methyl sites for hydroxylation is 1. The second-order valence-electron chi connectivity index (χ2n) is 6.33. The van der Waals surface area contributed by atoms with E-state index in [-0.39, 0.29) is 5.57 Å². The summed E-state index contributed by atoms with van der Waals surface area (Å²) in [6.07, 6.45) is 3.42. The van der Waals surface area contributed by atoms with Crippen molar-refractivity contribution in [3.05, 3.63) is 65.9 Å². The van der Waals surface area contributed by atoms with E-state index in [0.29, 0.717) is 17.9 Å². The first kappa shape index (κ1) is 18.2. The van der Waals surface area contributed by atoms with Crippen LogP contribution in [-0.4, -0.2) is 18.4 Å². The molecule has 136 valence electrons. The zero-order valence-electron chi connectivity index (χ0n) is 15.1. The average Bonchev–Trinajstić information content (AvgIpc) is 2.67. The number of rotatable bonds is 3. The van der Waals surface area contributed by atoms with Crippen molar-refractivity contribution in [2.75, 3.05) is 22.1 Å². The molecular weight excluding hydrogens is 340 g/mol. The van der Waals surface area contributed by atoms with E-state index in [1.54, 1.807) is 24.3 Å². The number of nitrogen functional groups attached to an aromatic ring is 1. The maximum absolute atomic E-state index is 12.9. The van der Waals surface area contributed by atoms with Crippen molar-refractivity contribution in [1.29, 1.82) is 5.26 Å². The van der Waals surface area contributed by atoms with Gasteiger partial charge in [-0.2, -0.15) is 5.26 Å². The van der Waals surface area contributed by atoms with Crippen LogP contribution < -0.4 is 15.5 Å². The lowest BCUT2D eigenvalue weighted by molar-refractivity contribution is -0.123. The van der Waals surface area contributed by atoms with E-state index in [1.807, 2.05) is 35.2 Å². The zero-order valence-corrected chi connectivity index (χ0v) is 15.1. The van der Waals surface area contributed by atoms with Crippen molar-refractivity contribution in [1.82, 2.24) is 0 Å². The van der Waals surface area contributed by atoms with Gasteiger partial charge in [0.15, 0.2) is 0 Å². The number of hydrogen-bond acceptors (Lipinski definition) is 5. The summed E-state index contributed by atoms with van der Waals surface area (Å²) in [4.78, 5) is 27.9. The Morgan fingerprint density at radius 2 is 1.89 bits per heavy atom. The Kier molecular flexibility index (Phi) is 5.23. The summed E-state index contributed by atoms with van der Waals surface area (Å²) in [6.45, 7) is 2.00. The Labute approximate surface area is 158 Å². The molecule has 27 heavy (non-hydrogen) atoms. The lowest BCUT2D eigenvalue weighted by Crippen LogP contribution is -2.37. The van der Waals surface area contributed by atoms with Gasteiger partial charge < -0.3 is 10.6 Å². The average molecular weight is 360 g/mol. The molecule has 3 rings (SSSR count). The van der Waals surface area contributed by atoms with Crippen LogP contribution in [0.5, 0.6) is 0 Å². The number of imide groups is 1. The van der Waals surface area contributed by atoms with Crippen molar-refractivity contribution in [2.45, 2.75) is 19.8 Å². The molecule has 1 heterocycles. The van der Waals surface area contributed by atoms with Crippen LogP contribution in [0.3, 0.4) is 0 Å². The first-order chi connectivity index (χ1) is 13.0. The highest BCUT2D eigenvalue weighted by Gasteiger charge is 2.25. The van der Waals surface area contributed by atoms with Crippen molar-refractivity contribution >= 4 is 28.9 Å². The molecule has 0 saturated carbocycles. The zero-order chi connectivity index (χ0) is 19.4. The Balaban J connectivity index is 1.96. The number of fused-ring (bicyclic) bond motifs is 1. The number of para-hydroxylation sites is 1. The van der Waals surface area contributed by atoms with Crippen LogP contribution in [-0.2, 0) is 16.0 Å². The lowest BCUT2D eigenvalue weighted by Gasteiger charge is -2.28. The van der Waals surface area contributed by atoms with Crippen molar-refractivity contribution < 1.29 is 9.59 Å². The Morgan fingerprint density at radius 1 is 1.19 bits per heavy atom. The number of carbonyl (C=O) groups is 2. The fourth-order valence-corrected chi connectivity index (χ4v) is 3.17. The minimum Gasteiger partial charge on any atom is -0.399 e. The fraction of sp³-hybridized carbons (Fsp3) is 0.190. The second kappa shape index (κ2) is 7.75. The highest BCUT2D eigenvalue weighted by molar-refractivity contribution is 6.21. The Morgan fingerprint density at radius 3 is 2.56 bits per heavy atom. The molecule has 0 spiro atoms. The third kappa shape index (κ3) is 3.82. The maximum Gasteiger partial charge on any atom is 0.277 e. The smallest absolute Gasteiger partial charge is 0.277 e. The van der Waals surface area contributed by atoms with E-state index in [4.69, 9.17) is 5.73 Å². The summed E-state index contributed by atoms with van der Waals surface area (Å²) in [6, 6.07) is 16.2. The van der Waals surface area contributed by atoms with Crippen molar-refractivity contribution in [3.63, 3.8) is 0 Å². The third-order valence-electron chi connectivity index (χ3n) is 4.45. The maximum atomic E-state index is 12.9. The van der Waals surface area contributed by atoms with Crippen molar-refractivity contribution in [2.24, 2.45) is 0 Å². The fourth-order valence-electron chi connectivity index (χ4n) is 3.17. The van der Waals surface area contributed by atoms with Crippen LogP contribution >= 0.6 is 0 Å². The molecule has 2 amide bonds. The molecule has 6 nitrogen and oxygen atoms in total. The molecule has 2 aromatic carbocycles. The van der Waals surface area contributed by atoms with Crippen LogP contribution in [0, 0.1) is 11.3 Å². The third-order valence-corrected chi connectivity index (χ3v) is 4.45. The molecular formula is C21H20N4O2. The number of nitrogens with zero attached hydrogens (tertiary/aromatic N) is 3. The van der Waals surface area contributed by atoms with Gasteiger partial charge in [0.25, 0.3) is 5.91 Å². The first-order valence-electron chi connectivity index (χ1n) is 8.68. The molecule has 0 saturated heterocycles. The summed E-state index contributed by atoms with van der Waals surface area (Å²) < 4.78 is 0. The largest absolute Gasteiger partial charge is 0.399 e. The van der Waals surface area contributed by atoms with E-state index in [2.05, 4.69) is 0 Å². The number of carbonyl (C=O) groups excluding carboxylic acids is 2. The summed E-state index contributed by atoms with van der Waals surface area (Å²) >= 11 is 0. The van der Waals surface area contributed by atoms with Crippen LogP contribution in [0.4, 0.5) is 17.1 Å². The summed E-state index contributed by atoms with van der Waals surface area (Å²) in [5.41, 5.74) is 8.63. The van der Waals surface area contributed by atoms with Crippen LogP contribution in [0.1, 0.15) is 18.9 Å². The second-order valence-corrected chi connectivity index (χ2v) is 6.33. The van der Waals surface area contributed by atoms with E-state index >= 15 is 0 Å². The van der Waals surface area contributed by atoms with Gasteiger partial charge in [-0.05, 0) is 48.7 Å². The molecule has 2 N–H and O–H groups in total. The molecule has 1 aliphatic rings. The molecule has 0 radical (unpaired) electrons. The monoisotopic (exact) mass is 360 g/mol. The molecule has 6 heteroatoms. The SMILES string of the molecule is CC(=O)N(C(=O)/C(C#N)=C\N1CCCc2ccccc21)c1ccc(N)cc1. The van der Waals surface area contributed by atoms with Gasteiger partial charge in [-0.25, -0.2) is 4.90 Å². The first-order valence-corrected chi connectivity index (χ1v) is 8.68. The highest BCUT2D eigenvalue weighted by atomic mass is 16.2. The number of anilines is 3. The van der Waals surface area contributed by atoms with Gasteiger partial charge in [0.1, 0.15) is 11.6 Å². The van der Waals surface area contributed by atoms with Gasteiger partial charge in [0.05, 0.1) is 5.69 Å². The van der Waals surface area contributed by atoms with Crippen LogP contribution in [0.25, 0.3) is 0 Å². The predicted octanol–water partition coefficient (Wildman–Crippen LogP) is 3.01. The van der Waals surface area contributed by atoms with Gasteiger partial charge in [0, 0.05) is 31.0 Å². The van der Waals surface area contributed by atoms with Gasteiger partial charge in [-0.3, -0.25) is 9.59 Å². The van der Waals surface area contributed by atoms with Gasteiger partial charge in [-0.15, -0.1) is 0 Å². The highest BCUT2D eigenvalue weighted by Crippen LogP contribution is 2.28. The molecule has 0 atom stereocenters. The molecule has 0 fully saturated rings. The van der Waals surface area contributed by atoms with E-state index in [9.17, 15) is 14.9 Å². The van der Waals surface area contributed by atoms with Gasteiger partial charge in [-0.1, -0.05) is 18.2 Å². The minimum absolute atomic E-state index is 0.0984. The lowest BCUT2D eigenvalue weighted by atomic mass is 10.0. The summed E-state index contributed by atoms with van der Waals surface area (Å²) in [7, 11) is 0. The standard InChI is InChI=1S/C21H20N4O2/c1-15(26)25(19-10-8-18(23)9-11-19)21(27)17(13-22)14-24-12-4-6-16-5-2-3-7-20(16)24/h2-3,5,7-11,14H,4,6,12,23H2,1H3/b17-14-. The quantitative estimate of drug-likeness (QED) is 0.516. The summed E-state index contributed by atoms with van der Waals surface area (Å²) in [5, 5.41) is 9.57. The Hall–Kier alpha value is -3.59. The minimum atomic E-state index is -0.655. The molecule has 2 aromatic rings.